The molecular weight excluding hydrogens is 360 g/mol. The van der Waals surface area contributed by atoms with E-state index in [1.165, 1.54) is 0 Å². The van der Waals surface area contributed by atoms with Crippen LogP contribution in [0.3, 0.4) is 0 Å². The van der Waals surface area contributed by atoms with Crippen LogP contribution in [0.1, 0.15) is 22.0 Å². The van der Waals surface area contributed by atoms with Crippen LogP contribution in [0.5, 0.6) is 0 Å². The molecule has 0 spiro atoms. The first kappa shape index (κ1) is 13.5. The number of aliphatic hydroxyl groups is 1. The molecular formula is C14H10Br2O2. The zero-order valence-corrected chi connectivity index (χ0v) is 12.5. The number of Topliss-reactive ketones (excluding diaryl/α,β-unsaturated/α-hetero) is 1. The second-order valence-electron chi connectivity index (χ2n) is 3.83. The van der Waals surface area contributed by atoms with Gasteiger partial charge in [0.05, 0.1) is 0 Å². The molecule has 0 saturated carbocycles. The zero-order valence-electron chi connectivity index (χ0n) is 9.31. The quantitative estimate of drug-likeness (QED) is 0.826. The predicted octanol–water partition coefficient (Wildman–Crippen LogP) is 4.13. The molecule has 92 valence electrons. The van der Waals surface area contributed by atoms with Crippen LogP contribution >= 0.6 is 31.9 Å². The van der Waals surface area contributed by atoms with E-state index in [0.717, 1.165) is 8.95 Å². The number of hydrogen-bond donors (Lipinski definition) is 1. The van der Waals surface area contributed by atoms with E-state index in [-0.39, 0.29) is 5.78 Å². The Balaban J connectivity index is 2.23. The Kier molecular flexibility index (Phi) is 4.32. The molecule has 2 nitrogen and oxygen atoms in total. The maximum Gasteiger partial charge on any atom is 0.195 e. The number of rotatable bonds is 3. The van der Waals surface area contributed by atoms with Gasteiger partial charge in [0.25, 0.3) is 0 Å². The first-order chi connectivity index (χ1) is 8.58. The van der Waals surface area contributed by atoms with Gasteiger partial charge in [0, 0.05) is 14.5 Å². The third kappa shape index (κ3) is 3.07. The lowest BCUT2D eigenvalue weighted by molar-refractivity contribution is 0.0747. The standard InChI is InChI=1S/C14H10Br2O2/c15-11-5-1-9(2-6-11)13(17)14(18)10-3-7-12(16)8-4-10/h1-8,13,17H/t13-/m1/s1. The molecule has 0 bridgehead atoms. The topological polar surface area (TPSA) is 37.3 Å². The lowest BCUT2D eigenvalue weighted by Gasteiger charge is -2.10. The van der Waals surface area contributed by atoms with Crippen LogP contribution in [0.2, 0.25) is 0 Å². The third-order valence-electron chi connectivity index (χ3n) is 2.56. The van der Waals surface area contributed by atoms with Gasteiger partial charge in [0.1, 0.15) is 6.10 Å². The maximum absolute atomic E-state index is 12.1. The smallest absolute Gasteiger partial charge is 0.195 e. The summed E-state index contributed by atoms with van der Waals surface area (Å²) >= 11 is 6.62. The highest BCUT2D eigenvalue weighted by molar-refractivity contribution is 9.10. The molecule has 2 rings (SSSR count). The Morgan fingerprint density at radius 3 is 1.83 bits per heavy atom. The SMILES string of the molecule is O=C(c1ccc(Br)cc1)[C@H](O)c1ccc(Br)cc1. The zero-order chi connectivity index (χ0) is 13.1. The minimum Gasteiger partial charge on any atom is -0.380 e. The van der Waals surface area contributed by atoms with Crippen LogP contribution < -0.4 is 0 Å². The van der Waals surface area contributed by atoms with Crippen molar-refractivity contribution in [2.75, 3.05) is 0 Å². The van der Waals surface area contributed by atoms with Gasteiger partial charge in [-0.15, -0.1) is 0 Å². The molecule has 4 heteroatoms. The van der Waals surface area contributed by atoms with E-state index < -0.39 is 6.10 Å². The van der Waals surface area contributed by atoms with Crippen molar-refractivity contribution in [3.63, 3.8) is 0 Å². The summed E-state index contributed by atoms with van der Waals surface area (Å²) in [5.41, 5.74) is 1.08. The summed E-state index contributed by atoms with van der Waals surface area (Å²) in [7, 11) is 0. The minimum atomic E-state index is -1.13. The fourth-order valence-corrected chi connectivity index (χ4v) is 2.10. The summed E-state index contributed by atoms with van der Waals surface area (Å²) in [6.45, 7) is 0. The van der Waals surface area contributed by atoms with Crippen molar-refractivity contribution >= 4 is 37.6 Å². The van der Waals surface area contributed by atoms with Gasteiger partial charge < -0.3 is 5.11 Å². The van der Waals surface area contributed by atoms with Gasteiger partial charge in [0.15, 0.2) is 5.78 Å². The van der Waals surface area contributed by atoms with Crippen molar-refractivity contribution in [1.82, 2.24) is 0 Å². The van der Waals surface area contributed by atoms with Gasteiger partial charge in [-0.25, -0.2) is 0 Å². The van der Waals surface area contributed by atoms with E-state index >= 15 is 0 Å². The molecule has 0 aliphatic heterocycles. The van der Waals surface area contributed by atoms with Crippen molar-refractivity contribution in [2.24, 2.45) is 0 Å². The second kappa shape index (κ2) is 5.78. The Labute approximate surface area is 122 Å². The third-order valence-corrected chi connectivity index (χ3v) is 3.62. The molecule has 0 amide bonds. The van der Waals surface area contributed by atoms with Gasteiger partial charge in [-0.3, -0.25) is 4.79 Å². The monoisotopic (exact) mass is 368 g/mol. The maximum atomic E-state index is 12.1. The molecule has 18 heavy (non-hydrogen) atoms. The van der Waals surface area contributed by atoms with Crippen LogP contribution in [0.25, 0.3) is 0 Å². The van der Waals surface area contributed by atoms with Crippen LogP contribution in [0.4, 0.5) is 0 Å². The van der Waals surface area contributed by atoms with E-state index in [2.05, 4.69) is 31.9 Å². The van der Waals surface area contributed by atoms with Crippen LogP contribution in [0.15, 0.2) is 57.5 Å². The molecule has 0 aliphatic rings. The van der Waals surface area contributed by atoms with Crippen molar-refractivity contribution in [1.29, 1.82) is 0 Å². The van der Waals surface area contributed by atoms with Crippen molar-refractivity contribution in [3.8, 4) is 0 Å². The summed E-state index contributed by atoms with van der Waals surface area (Å²) in [6, 6.07) is 14.0. The largest absolute Gasteiger partial charge is 0.380 e. The van der Waals surface area contributed by atoms with E-state index in [1.807, 2.05) is 0 Å². The molecule has 1 N–H and O–H groups in total. The number of carbonyl (C=O) groups excluding carboxylic acids is 1. The molecule has 0 saturated heterocycles. The number of benzene rings is 2. The molecule has 2 aromatic rings. The Bertz CT molecular complexity index is 547. The van der Waals surface area contributed by atoms with Gasteiger partial charge in [-0.2, -0.15) is 0 Å². The fraction of sp³-hybridized carbons (Fsp3) is 0.0714. The highest BCUT2D eigenvalue weighted by Gasteiger charge is 2.18. The first-order valence-electron chi connectivity index (χ1n) is 5.31. The molecule has 1 atom stereocenters. The highest BCUT2D eigenvalue weighted by Crippen LogP contribution is 2.21. The second-order valence-corrected chi connectivity index (χ2v) is 5.66. The average molecular weight is 370 g/mol. The van der Waals surface area contributed by atoms with Crippen molar-refractivity contribution in [2.45, 2.75) is 6.10 Å². The normalized spacial score (nSPS) is 12.2. The Hall–Kier alpha value is -0.970. The predicted molar refractivity (Wildman–Crippen MR) is 77.6 cm³/mol. The molecule has 2 aromatic carbocycles. The lowest BCUT2D eigenvalue weighted by atomic mass is 10.0. The summed E-state index contributed by atoms with van der Waals surface area (Å²) < 4.78 is 1.81. The number of carbonyl (C=O) groups is 1. The van der Waals surface area contributed by atoms with Crippen LogP contribution in [-0.2, 0) is 0 Å². The number of hydrogen-bond acceptors (Lipinski definition) is 2. The van der Waals surface area contributed by atoms with Gasteiger partial charge >= 0.3 is 0 Å². The molecule has 0 heterocycles. The van der Waals surface area contributed by atoms with Crippen molar-refractivity contribution in [3.05, 3.63) is 68.6 Å². The van der Waals surface area contributed by atoms with Gasteiger partial charge in [-0.05, 0) is 29.8 Å². The van der Waals surface area contributed by atoms with Crippen LogP contribution in [-0.4, -0.2) is 10.9 Å². The molecule has 0 fully saturated rings. The Morgan fingerprint density at radius 2 is 1.33 bits per heavy atom. The molecule has 0 radical (unpaired) electrons. The summed E-state index contributed by atoms with van der Waals surface area (Å²) in [6.07, 6.45) is -1.13. The van der Waals surface area contributed by atoms with Crippen LogP contribution in [0, 0.1) is 0 Å². The van der Waals surface area contributed by atoms with E-state index in [4.69, 9.17) is 0 Å². The average Bonchev–Trinajstić information content (AvgIpc) is 2.39. The number of ketones is 1. The fourth-order valence-electron chi connectivity index (χ4n) is 1.57. The van der Waals surface area contributed by atoms with E-state index in [9.17, 15) is 9.90 Å². The summed E-state index contributed by atoms with van der Waals surface area (Å²) in [5.74, 6) is -0.301. The minimum absolute atomic E-state index is 0.301. The van der Waals surface area contributed by atoms with Gasteiger partial charge in [0.2, 0.25) is 0 Å². The number of aliphatic hydroxyl groups excluding tert-OH is 1. The highest BCUT2D eigenvalue weighted by atomic mass is 79.9. The summed E-state index contributed by atoms with van der Waals surface area (Å²) in [5, 5.41) is 10.0. The number of halogens is 2. The lowest BCUT2D eigenvalue weighted by Crippen LogP contribution is -2.12. The van der Waals surface area contributed by atoms with Gasteiger partial charge in [-0.1, -0.05) is 56.1 Å². The van der Waals surface area contributed by atoms with E-state index in [1.54, 1.807) is 48.5 Å². The van der Waals surface area contributed by atoms with E-state index in [0.29, 0.717) is 11.1 Å². The summed E-state index contributed by atoms with van der Waals surface area (Å²) in [4.78, 5) is 12.1. The first-order valence-corrected chi connectivity index (χ1v) is 6.90. The molecule has 0 aliphatic carbocycles. The van der Waals surface area contributed by atoms with Crippen molar-refractivity contribution < 1.29 is 9.90 Å². The molecule has 0 unspecified atom stereocenters. The Morgan fingerprint density at radius 1 is 0.889 bits per heavy atom. The molecule has 0 aromatic heterocycles.